The Morgan fingerprint density at radius 3 is 2.67 bits per heavy atom. The number of aryl methyl sites for hydroxylation is 1. The van der Waals surface area contributed by atoms with Gasteiger partial charge in [0.05, 0.1) is 6.61 Å². The molecule has 0 saturated heterocycles. The van der Waals surface area contributed by atoms with Gasteiger partial charge in [0.1, 0.15) is 5.65 Å². The number of hydrogen-bond acceptors (Lipinski definition) is 2. The van der Waals surface area contributed by atoms with Crippen LogP contribution in [0.25, 0.3) is 16.7 Å². The lowest BCUT2D eigenvalue weighted by Crippen LogP contribution is -1.93. The summed E-state index contributed by atoms with van der Waals surface area (Å²) in [6, 6.07) is 12.1. The van der Waals surface area contributed by atoms with Crippen molar-refractivity contribution in [3.63, 3.8) is 0 Å². The third-order valence-electron chi connectivity index (χ3n) is 3.13. The van der Waals surface area contributed by atoms with Crippen molar-refractivity contribution in [3.05, 3.63) is 59.9 Å². The van der Waals surface area contributed by atoms with E-state index in [2.05, 4.69) is 36.2 Å². The summed E-state index contributed by atoms with van der Waals surface area (Å²) in [6.07, 6.45) is 3.72. The number of rotatable bonds is 2. The van der Waals surface area contributed by atoms with Gasteiger partial charge >= 0.3 is 0 Å². The zero-order valence-electron chi connectivity index (χ0n) is 10.2. The highest BCUT2D eigenvalue weighted by Crippen LogP contribution is 2.23. The van der Waals surface area contributed by atoms with Crippen LogP contribution in [0.2, 0.25) is 0 Å². The number of aliphatic hydroxyl groups excluding tert-OH is 1. The minimum absolute atomic E-state index is 0.0288. The standard InChI is InChI=1S/C15H14N2O/c1-11-4-6-13(7-5-11)17-9-12(10-18)14-3-2-8-16-15(14)17/h2-9,18H,10H2,1H3. The lowest BCUT2D eigenvalue weighted by molar-refractivity contribution is 0.283. The fourth-order valence-electron chi connectivity index (χ4n) is 2.15. The molecule has 1 aromatic carbocycles. The van der Waals surface area contributed by atoms with E-state index < -0.39 is 0 Å². The van der Waals surface area contributed by atoms with E-state index in [9.17, 15) is 5.11 Å². The van der Waals surface area contributed by atoms with Gasteiger partial charge < -0.3 is 9.67 Å². The molecule has 3 nitrogen and oxygen atoms in total. The molecule has 0 aliphatic carbocycles. The van der Waals surface area contributed by atoms with Crippen molar-refractivity contribution >= 4 is 11.0 Å². The van der Waals surface area contributed by atoms with Crippen LogP contribution in [0.4, 0.5) is 0 Å². The maximum Gasteiger partial charge on any atom is 0.144 e. The Balaban J connectivity index is 2.26. The molecule has 0 atom stereocenters. The monoisotopic (exact) mass is 238 g/mol. The van der Waals surface area contributed by atoms with Gasteiger partial charge in [-0.15, -0.1) is 0 Å². The van der Waals surface area contributed by atoms with Gasteiger partial charge in [0, 0.05) is 29.0 Å². The first-order chi connectivity index (χ1) is 8.79. The zero-order chi connectivity index (χ0) is 12.5. The SMILES string of the molecule is Cc1ccc(-n2cc(CO)c3cccnc32)cc1. The second-order valence-electron chi connectivity index (χ2n) is 4.39. The molecule has 0 bridgehead atoms. The Kier molecular flexibility index (Phi) is 2.61. The van der Waals surface area contributed by atoms with Gasteiger partial charge in [-0.2, -0.15) is 0 Å². The van der Waals surface area contributed by atoms with Gasteiger partial charge in [0.15, 0.2) is 0 Å². The number of pyridine rings is 1. The second kappa shape index (κ2) is 4.27. The number of hydrogen-bond donors (Lipinski definition) is 1. The molecule has 0 aliphatic rings. The van der Waals surface area contributed by atoms with Crippen molar-refractivity contribution in [1.29, 1.82) is 0 Å². The Hall–Kier alpha value is -2.13. The molecule has 18 heavy (non-hydrogen) atoms. The van der Waals surface area contributed by atoms with Crippen molar-refractivity contribution in [3.8, 4) is 5.69 Å². The summed E-state index contributed by atoms with van der Waals surface area (Å²) in [5.74, 6) is 0. The summed E-state index contributed by atoms with van der Waals surface area (Å²) in [5, 5.41) is 10.4. The molecular weight excluding hydrogens is 224 g/mol. The summed E-state index contributed by atoms with van der Waals surface area (Å²) < 4.78 is 2.01. The predicted octanol–water partition coefficient (Wildman–Crippen LogP) is 2.83. The van der Waals surface area contributed by atoms with Gasteiger partial charge in [-0.1, -0.05) is 17.7 Å². The van der Waals surface area contributed by atoms with E-state index in [-0.39, 0.29) is 6.61 Å². The first-order valence-electron chi connectivity index (χ1n) is 5.92. The molecular formula is C15H14N2O. The molecule has 0 spiro atoms. The van der Waals surface area contributed by atoms with Gasteiger partial charge in [-0.05, 0) is 31.2 Å². The van der Waals surface area contributed by atoms with Crippen molar-refractivity contribution in [2.75, 3.05) is 0 Å². The average Bonchev–Trinajstić information content (AvgIpc) is 2.79. The van der Waals surface area contributed by atoms with Crippen molar-refractivity contribution in [2.45, 2.75) is 13.5 Å². The number of aliphatic hydroxyl groups is 1. The maximum atomic E-state index is 9.40. The molecule has 3 aromatic rings. The normalized spacial score (nSPS) is 11.0. The number of aromatic nitrogens is 2. The third kappa shape index (κ3) is 1.69. The Labute approximate surface area is 105 Å². The fraction of sp³-hybridized carbons (Fsp3) is 0.133. The molecule has 0 radical (unpaired) electrons. The van der Waals surface area contributed by atoms with Crippen LogP contribution in [0.1, 0.15) is 11.1 Å². The van der Waals surface area contributed by atoms with Crippen LogP contribution in [-0.2, 0) is 6.61 Å². The predicted molar refractivity (Wildman–Crippen MR) is 71.7 cm³/mol. The molecule has 0 saturated carbocycles. The van der Waals surface area contributed by atoms with Crippen LogP contribution in [0.3, 0.4) is 0 Å². The average molecular weight is 238 g/mol. The highest BCUT2D eigenvalue weighted by atomic mass is 16.3. The van der Waals surface area contributed by atoms with E-state index in [0.29, 0.717) is 0 Å². The highest BCUT2D eigenvalue weighted by Gasteiger charge is 2.09. The molecule has 0 fully saturated rings. The molecule has 90 valence electrons. The minimum Gasteiger partial charge on any atom is -0.392 e. The molecule has 2 aromatic heterocycles. The molecule has 3 rings (SSSR count). The van der Waals surface area contributed by atoms with Gasteiger partial charge in [0.25, 0.3) is 0 Å². The lowest BCUT2D eigenvalue weighted by atomic mass is 10.2. The largest absolute Gasteiger partial charge is 0.392 e. The second-order valence-corrected chi connectivity index (χ2v) is 4.39. The molecule has 2 heterocycles. The van der Waals surface area contributed by atoms with Crippen LogP contribution in [0.15, 0.2) is 48.8 Å². The summed E-state index contributed by atoms with van der Waals surface area (Å²) in [6.45, 7) is 2.09. The molecule has 0 amide bonds. The Bertz CT molecular complexity index is 683. The first-order valence-corrected chi connectivity index (χ1v) is 5.92. The molecule has 0 aliphatic heterocycles. The van der Waals surface area contributed by atoms with Crippen molar-refractivity contribution < 1.29 is 5.11 Å². The lowest BCUT2D eigenvalue weighted by Gasteiger charge is -2.04. The number of benzene rings is 1. The van der Waals surface area contributed by atoms with E-state index in [1.54, 1.807) is 6.20 Å². The zero-order valence-corrected chi connectivity index (χ0v) is 10.2. The molecule has 1 N–H and O–H groups in total. The van der Waals surface area contributed by atoms with Crippen LogP contribution in [0, 0.1) is 6.92 Å². The smallest absolute Gasteiger partial charge is 0.144 e. The van der Waals surface area contributed by atoms with E-state index in [1.165, 1.54) is 5.56 Å². The number of fused-ring (bicyclic) bond motifs is 1. The van der Waals surface area contributed by atoms with E-state index in [4.69, 9.17) is 0 Å². The number of nitrogens with zero attached hydrogens (tertiary/aromatic N) is 2. The summed E-state index contributed by atoms with van der Waals surface area (Å²) in [4.78, 5) is 4.40. The van der Waals surface area contributed by atoms with Crippen LogP contribution < -0.4 is 0 Å². The van der Waals surface area contributed by atoms with Gasteiger partial charge in [0.2, 0.25) is 0 Å². The van der Waals surface area contributed by atoms with E-state index in [1.807, 2.05) is 22.9 Å². The summed E-state index contributed by atoms with van der Waals surface area (Å²) >= 11 is 0. The topological polar surface area (TPSA) is 38.0 Å². The van der Waals surface area contributed by atoms with E-state index >= 15 is 0 Å². The Morgan fingerprint density at radius 1 is 1.17 bits per heavy atom. The summed E-state index contributed by atoms with van der Waals surface area (Å²) in [5.41, 5.74) is 4.07. The van der Waals surface area contributed by atoms with Gasteiger partial charge in [-0.3, -0.25) is 0 Å². The van der Waals surface area contributed by atoms with Crippen LogP contribution in [0.5, 0.6) is 0 Å². The van der Waals surface area contributed by atoms with Crippen LogP contribution >= 0.6 is 0 Å². The van der Waals surface area contributed by atoms with E-state index in [0.717, 1.165) is 22.3 Å². The van der Waals surface area contributed by atoms with Crippen LogP contribution in [-0.4, -0.2) is 14.7 Å². The first kappa shape index (κ1) is 11.0. The molecule has 0 unspecified atom stereocenters. The molecule has 3 heteroatoms. The maximum absolute atomic E-state index is 9.40. The minimum atomic E-state index is 0.0288. The van der Waals surface area contributed by atoms with Crippen molar-refractivity contribution in [2.24, 2.45) is 0 Å². The third-order valence-corrected chi connectivity index (χ3v) is 3.13. The quantitative estimate of drug-likeness (QED) is 0.745. The fourth-order valence-corrected chi connectivity index (χ4v) is 2.15. The van der Waals surface area contributed by atoms with Crippen molar-refractivity contribution in [1.82, 2.24) is 9.55 Å². The highest BCUT2D eigenvalue weighted by molar-refractivity contribution is 5.82. The van der Waals surface area contributed by atoms with Gasteiger partial charge in [-0.25, -0.2) is 4.98 Å². The summed E-state index contributed by atoms with van der Waals surface area (Å²) in [7, 11) is 0. The Morgan fingerprint density at radius 2 is 1.94 bits per heavy atom.